The Kier molecular flexibility index (Phi) is 7.45. The molecule has 1 N–H and O–H groups in total. The van der Waals surface area contributed by atoms with Crippen molar-refractivity contribution in [3.05, 3.63) is 0 Å². The molecule has 3 nitrogen and oxygen atoms in total. The van der Waals surface area contributed by atoms with Crippen molar-refractivity contribution in [3.63, 3.8) is 0 Å². The van der Waals surface area contributed by atoms with Gasteiger partial charge in [-0.1, -0.05) is 13.8 Å². The van der Waals surface area contributed by atoms with Crippen molar-refractivity contribution in [2.24, 2.45) is 5.92 Å². The molecule has 0 radical (unpaired) electrons. The fourth-order valence-corrected chi connectivity index (χ4v) is 0.962. The zero-order valence-corrected chi connectivity index (χ0v) is 8.59. The molecule has 0 aromatic carbocycles. The van der Waals surface area contributed by atoms with E-state index in [2.05, 4.69) is 19.2 Å². The first-order valence-electron chi connectivity index (χ1n) is 4.46. The van der Waals surface area contributed by atoms with E-state index in [0.717, 1.165) is 6.61 Å². The van der Waals surface area contributed by atoms with Gasteiger partial charge in [0, 0.05) is 13.2 Å². The molecule has 0 aliphatic carbocycles. The Balaban J connectivity index is 3.32. The lowest BCUT2D eigenvalue weighted by Crippen LogP contribution is -2.35. The molecular formula is C9H21NO2. The van der Waals surface area contributed by atoms with Gasteiger partial charge in [0.05, 0.1) is 19.8 Å². The SMILES string of the molecule is CNC(COCCOC)C(C)C. The summed E-state index contributed by atoms with van der Waals surface area (Å²) < 4.78 is 10.3. The quantitative estimate of drug-likeness (QED) is 0.583. The summed E-state index contributed by atoms with van der Waals surface area (Å²) in [5.41, 5.74) is 0. The summed E-state index contributed by atoms with van der Waals surface area (Å²) in [6.45, 7) is 6.48. The third kappa shape index (κ3) is 5.52. The molecule has 0 spiro atoms. The minimum atomic E-state index is 0.446. The maximum atomic E-state index is 5.40. The maximum Gasteiger partial charge on any atom is 0.0701 e. The molecule has 0 bridgehead atoms. The van der Waals surface area contributed by atoms with E-state index in [-0.39, 0.29) is 0 Å². The van der Waals surface area contributed by atoms with Crippen molar-refractivity contribution in [1.82, 2.24) is 5.32 Å². The van der Waals surface area contributed by atoms with Gasteiger partial charge in [-0.3, -0.25) is 0 Å². The van der Waals surface area contributed by atoms with Crippen LogP contribution in [-0.2, 0) is 9.47 Å². The molecule has 0 saturated carbocycles. The Morgan fingerprint density at radius 3 is 2.33 bits per heavy atom. The summed E-state index contributed by atoms with van der Waals surface area (Å²) in [6.07, 6.45) is 0. The maximum absolute atomic E-state index is 5.40. The monoisotopic (exact) mass is 175 g/mol. The van der Waals surface area contributed by atoms with Gasteiger partial charge in [0.1, 0.15) is 0 Å². The first-order valence-corrected chi connectivity index (χ1v) is 4.46. The highest BCUT2D eigenvalue weighted by Gasteiger charge is 2.09. The Morgan fingerprint density at radius 2 is 1.92 bits per heavy atom. The van der Waals surface area contributed by atoms with Crippen LogP contribution < -0.4 is 5.32 Å². The van der Waals surface area contributed by atoms with Gasteiger partial charge in [-0.2, -0.15) is 0 Å². The fraction of sp³-hybridized carbons (Fsp3) is 1.00. The molecular weight excluding hydrogens is 154 g/mol. The average Bonchev–Trinajstić information content (AvgIpc) is 2.04. The predicted octanol–water partition coefficient (Wildman–Crippen LogP) is 0.893. The van der Waals surface area contributed by atoms with Crippen LogP contribution in [0.5, 0.6) is 0 Å². The molecule has 0 heterocycles. The van der Waals surface area contributed by atoms with Gasteiger partial charge in [0.25, 0.3) is 0 Å². The molecule has 12 heavy (non-hydrogen) atoms. The largest absolute Gasteiger partial charge is 0.382 e. The Morgan fingerprint density at radius 1 is 1.25 bits per heavy atom. The highest BCUT2D eigenvalue weighted by molar-refractivity contribution is 4.66. The second-order valence-corrected chi connectivity index (χ2v) is 3.21. The fourth-order valence-electron chi connectivity index (χ4n) is 0.962. The Hall–Kier alpha value is -0.120. The van der Waals surface area contributed by atoms with Crippen LogP contribution >= 0.6 is 0 Å². The molecule has 3 heteroatoms. The van der Waals surface area contributed by atoms with Crippen LogP contribution in [0.15, 0.2) is 0 Å². The molecule has 1 atom stereocenters. The van der Waals surface area contributed by atoms with Gasteiger partial charge in [-0.05, 0) is 13.0 Å². The minimum absolute atomic E-state index is 0.446. The number of likely N-dealkylation sites (N-methyl/N-ethyl adjacent to an activating group) is 1. The summed E-state index contributed by atoms with van der Waals surface area (Å²) in [7, 11) is 3.64. The van der Waals surface area contributed by atoms with E-state index >= 15 is 0 Å². The Labute approximate surface area is 75.4 Å². The summed E-state index contributed by atoms with van der Waals surface area (Å²) in [5.74, 6) is 0.609. The zero-order valence-electron chi connectivity index (χ0n) is 8.59. The van der Waals surface area contributed by atoms with Gasteiger partial charge in [0.2, 0.25) is 0 Å². The summed E-state index contributed by atoms with van der Waals surface area (Å²) in [6, 6.07) is 0.446. The normalized spacial score (nSPS) is 13.8. The van der Waals surface area contributed by atoms with Crippen molar-refractivity contribution in [1.29, 1.82) is 0 Å². The molecule has 0 saturated heterocycles. The molecule has 0 fully saturated rings. The number of hydrogen-bond acceptors (Lipinski definition) is 3. The topological polar surface area (TPSA) is 30.5 Å². The molecule has 0 aromatic heterocycles. The molecule has 0 rings (SSSR count). The lowest BCUT2D eigenvalue weighted by atomic mass is 10.1. The van der Waals surface area contributed by atoms with Crippen LogP contribution in [0.1, 0.15) is 13.8 Å². The second kappa shape index (κ2) is 7.53. The number of ether oxygens (including phenoxy) is 2. The second-order valence-electron chi connectivity index (χ2n) is 3.21. The number of nitrogens with one attached hydrogen (secondary N) is 1. The first kappa shape index (κ1) is 11.9. The number of methoxy groups -OCH3 is 1. The number of hydrogen-bond donors (Lipinski definition) is 1. The van der Waals surface area contributed by atoms with E-state index in [1.54, 1.807) is 7.11 Å². The standard InChI is InChI=1S/C9H21NO2/c1-8(2)9(10-3)7-12-6-5-11-4/h8-10H,5-7H2,1-4H3. The molecule has 0 aliphatic heterocycles. The lowest BCUT2D eigenvalue weighted by molar-refractivity contribution is 0.0531. The van der Waals surface area contributed by atoms with Crippen molar-refractivity contribution >= 4 is 0 Å². The van der Waals surface area contributed by atoms with E-state index in [4.69, 9.17) is 9.47 Å². The third-order valence-corrected chi connectivity index (χ3v) is 1.90. The van der Waals surface area contributed by atoms with Crippen LogP contribution in [0.4, 0.5) is 0 Å². The summed E-state index contributed by atoms with van der Waals surface area (Å²) in [5, 5.41) is 3.21. The van der Waals surface area contributed by atoms with Crippen LogP contribution in [0, 0.1) is 5.92 Å². The van der Waals surface area contributed by atoms with E-state index < -0.39 is 0 Å². The van der Waals surface area contributed by atoms with E-state index in [0.29, 0.717) is 25.2 Å². The predicted molar refractivity (Wildman–Crippen MR) is 50.4 cm³/mol. The van der Waals surface area contributed by atoms with Crippen molar-refractivity contribution < 1.29 is 9.47 Å². The minimum Gasteiger partial charge on any atom is -0.382 e. The lowest BCUT2D eigenvalue weighted by Gasteiger charge is -2.19. The number of rotatable bonds is 7. The van der Waals surface area contributed by atoms with Crippen LogP contribution in [0.2, 0.25) is 0 Å². The van der Waals surface area contributed by atoms with Gasteiger partial charge in [-0.15, -0.1) is 0 Å². The van der Waals surface area contributed by atoms with Crippen LogP contribution in [0.3, 0.4) is 0 Å². The molecule has 0 aliphatic rings. The molecule has 74 valence electrons. The molecule has 1 unspecified atom stereocenters. The summed E-state index contributed by atoms with van der Waals surface area (Å²) >= 11 is 0. The smallest absolute Gasteiger partial charge is 0.0701 e. The van der Waals surface area contributed by atoms with Crippen LogP contribution in [0.25, 0.3) is 0 Å². The van der Waals surface area contributed by atoms with Crippen molar-refractivity contribution in [3.8, 4) is 0 Å². The molecule has 0 amide bonds. The highest BCUT2D eigenvalue weighted by Crippen LogP contribution is 2.00. The van der Waals surface area contributed by atoms with E-state index in [9.17, 15) is 0 Å². The highest BCUT2D eigenvalue weighted by atomic mass is 16.5. The Bertz CT molecular complexity index is 96.5. The van der Waals surface area contributed by atoms with Crippen molar-refractivity contribution in [2.45, 2.75) is 19.9 Å². The van der Waals surface area contributed by atoms with Gasteiger partial charge in [-0.25, -0.2) is 0 Å². The zero-order chi connectivity index (χ0) is 9.40. The van der Waals surface area contributed by atoms with Gasteiger partial charge < -0.3 is 14.8 Å². The van der Waals surface area contributed by atoms with E-state index in [1.165, 1.54) is 0 Å². The van der Waals surface area contributed by atoms with E-state index in [1.807, 2.05) is 7.05 Å². The third-order valence-electron chi connectivity index (χ3n) is 1.90. The first-order chi connectivity index (χ1) is 5.72. The summed E-state index contributed by atoms with van der Waals surface area (Å²) in [4.78, 5) is 0. The molecule has 0 aromatic rings. The average molecular weight is 175 g/mol. The van der Waals surface area contributed by atoms with Crippen LogP contribution in [-0.4, -0.2) is 40.0 Å². The van der Waals surface area contributed by atoms with Gasteiger partial charge >= 0.3 is 0 Å². The van der Waals surface area contributed by atoms with Gasteiger partial charge in [0.15, 0.2) is 0 Å². The van der Waals surface area contributed by atoms with Crippen molar-refractivity contribution in [2.75, 3.05) is 34.0 Å².